The molecule has 0 atom stereocenters. The Kier molecular flexibility index (Phi) is 2.69. The third-order valence-electron chi connectivity index (χ3n) is 3.58. The van der Waals surface area contributed by atoms with E-state index >= 15 is 0 Å². The van der Waals surface area contributed by atoms with Crippen molar-refractivity contribution in [2.45, 2.75) is 0 Å². The van der Waals surface area contributed by atoms with Gasteiger partial charge in [-0.3, -0.25) is 0 Å². The van der Waals surface area contributed by atoms with Crippen LogP contribution in [0.25, 0.3) is 0 Å². The Morgan fingerprint density at radius 2 is 1.90 bits per heavy atom. The zero-order valence-electron chi connectivity index (χ0n) is 10.4. The molecule has 0 saturated heterocycles. The normalized spacial score (nSPS) is 22.4. The molecule has 0 fully saturated rings. The summed E-state index contributed by atoms with van der Waals surface area (Å²) in [6.45, 7) is 0. The maximum atomic E-state index is 12.5. The molecule has 4 nitrogen and oxygen atoms in total. The number of amides is 1. The van der Waals surface area contributed by atoms with Crippen molar-refractivity contribution in [2.24, 2.45) is 0 Å². The third kappa shape index (κ3) is 1.65. The standard InChI is InChI=1S/C15H9N2O2.Y/c1-2-5-9-8-16-15(19)12(9)13-14(18)10-6-3-4-7-11(10)17-13;/h1-7,17H,(H,16,19);/b5-2?,13-12-;. The van der Waals surface area contributed by atoms with E-state index in [-0.39, 0.29) is 11.7 Å². The molecule has 1 aromatic carbocycles. The fourth-order valence-electron chi connectivity index (χ4n) is 2.66. The van der Waals surface area contributed by atoms with Crippen molar-refractivity contribution in [1.29, 1.82) is 0 Å². The Balaban J connectivity index is 1.91. The van der Waals surface area contributed by atoms with E-state index in [2.05, 4.69) is 13.4 Å². The quantitative estimate of drug-likeness (QED) is 0.702. The van der Waals surface area contributed by atoms with Crippen molar-refractivity contribution < 1.29 is 38.3 Å². The van der Waals surface area contributed by atoms with Gasteiger partial charge in [0, 0.05) is 0 Å². The maximum absolute atomic E-state index is 12.5. The predicted octanol–water partition coefficient (Wildman–Crippen LogP) is 1.34. The van der Waals surface area contributed by atoms with Crippen LogP contribution in [0.4, 0.5) is 5.69 Å². The number of carbonyl (C=O) groups is 2. The minimum atomic E-state index is -1.04. The van der Waals surface area contributed by atoms with Crippen molar-refractivity contribution in [2.75, 3.05) is 5.32 Å². The van der Waals surface area contributed by atoms with Gasteiger partial charge in [0.25, 0.3) is 0 Å². The average Bonchev–Trinajstić information content (AvgIpc) is 2.96. The summed E-state index contributed by atoms with van der Waals surface area (Å²) in [5.74, 6) is -0.264. The van der Waals surface area contributed by atoms with Crippen molar-refractivity contribution >= 4 is 20.2 Å². The zero-order valence-corrected chi connectivity index (χ0v) is 13.3. The Morgan fingerprint density at radius 1 is 1.05 bits per heavy atom. The molecule has 2 N–H and O–H groups in total. The number of ketones is 1. The molecule has 0 bridgehead atoms. The SMILES string of the molecule is O=C1N[C]2=C(C=C[CH]=[Y]2)/C1=C1/Nc2ccccc2C1=O. The van der Waals surface area contributed by atoms with Crippen LogP contribution in [-0.2, 0) is 33.5 Å². The van der Waals surface area contributed by atoms with Gasteiger partial charge in [0.2, 0.25) is 0 Å². The number of allylic oxidation sites excluding steroid dienone is 3. The number of rotatable bonds is 0. The van der Waals surface area contributed by atoms with Crippen LogP contribution in [0.2, 0.25) is 0 Å². The van der Waals surface area contributed by atoms with Gasteiger partial charge in [-0.15, -0.1) is 0 Å². The molecule has 0 radical (unpaired) electrons. The number of hydrogen-bond donors (Lipinski definition) is 2. The summed E-state index contributed by atoms with van der Waals surface area (Å²) >= 11 is -1.04. The number of para-hydroxylation sites is 1. The van der Waals surface area contributed by atoms with Crippen LogP contribution < -0.4 is 10.6 Å². The molecule has 5 heteroatoms. The van der Waals surface area contributed by atoms with Gasteiger partial charge in [-0.05, 0) is 0 Å². The van der Waals surface area contributed by atoms with Crippen molar-refractivity contribution in [1.82, 2.24) is 5.32 Å². The Hall–Kier alpha value is -1.65. The van der Waals surface area contributed by atoms with E-state index < -0.39 is 28.7 Å². The Morgan fingerprint density at radius 3 is 2.75 bits per heavy atom. The van der Waals surface area contributed by atoms with Gasteiger partial charge in [0.1, 0.15) is 0 Å². The fraction of sp³-hybridized carbons (Fsp3) is 0. The van der Waals surface area contributed by atoms with Gasteiger partial charge < -0.3 is 0 Å². The third-order valence-corrected chi connectivity index (χ3v) is 6.54. The van der Waals surface area contributed by atoms with Crippen LogP contribution in [0.5, 0.6) is 0 Å². The van der Waals surface area contributed by atoms with E-state index in [9.17, 15) is 9.59 Å². The van der Waals surface area contributed by atoms with Gasteiger partial charge in [-0.2, -0.15) is 0 Å². The average molecular weight is 338 g/mol. The molecule has 3 heterocycles. The van der Waals surface area contributed by atoms with Gasteiger partial charge in [-0.25, -0.2) is 0 Å². The molecule has 4 rings (SSSR count). The number of fused-ring (bicyclic) bond motifs is 1. The van der Waals surface area contributed by atoms with Crippen LogP contribution in [0.1, 0.15) is 10.4 Å². The van der Waals surface area contributed by atoms with Crippen molar-refractivity contribution in [3.8, 4) is 0 Å². The van der Waals surface area contributed by atoms with Crippen molar-refractivity contribution in [3.63, 3.8) is 0 Å². The number of anilines is 1. The second kappa shape index (κ2) is 4.43. The Labute approximate surface area is 130 Å². The van der Waals surface area contributed by atoms with Crippen molar-refractivity contribution in [3.05, 3.63) is 61.3 Å². The first kappa shape index (κ1) is 12.1. The van der Waals surface area contributed by atoms with Crippen LogP contribution in [0.15, 0.2) is 55.8 Å². The number of Topliss-reactive ketones (excluding diaryl/α,β-unsaturated/α-hetero) is 1. The molecule has 0 saturated carbocycles. The molecule has 20 heavy (non-hydrogen) atoms. The zero-order chi connectivity index (χ0) is 13.7. The minimum absolute atomic E-state index is 0.102. The molecule has 1 aromatic rings. The van der Waals surface area contributed by atoms with Crippen LogP contribution in [0, 0.1) is 0 Å². The first-order chi connectivity index (χ1) is 9.75. The molecular formula is C15H9N2O2Y. The van der Waals surface area contributed by atoms with E-state index in [1.54, 1.807) is 6.07 Å². The fourth-order valence-corrected chi connectivity index (χ4v) is 5.24. The van der Waals surface area contributed by atoms with E-state index in [0.29, 0.717) is 16.8 Å². The topological polar surface area (TPSA) is 58.2 Å². The van der Waals surface area contributed by atoms with E-state index in [1.807, 2.05) is 30.4 Å². The molecule has 94 valence electrons. The summed E-state index contributed by atoms with van der Waals surface area (Å²) in [6.07, 6.45) is 3.91. The monoisotopic (exact) mass is 338 g/mol. The predicted molar refractivity (Wildman–Crippen MR) is 71.8 cm³/mol. The van der Waals surface area contributed by atoms with Crippen LogP contribution >= 0.6 is 0 Å². The summed E-state index contributed by atoms with van der Waals surface area (Å²) in [4.78, 5) is 24.7. The molecule has 1 amide bonds. The summed E-state index contributed by atoms with van der Waals surface area (Å²) in [5.41, 5.74) is 3.21. The summed E-state index contributed by atoms with van der Waals surface area (Å²) < 4.78 is 3.22. The molecule has 3 aliphatic rings. The molecule has 0 unspecified atom stereocenters. The van der Waals surface area contributed by atoms with Crippen LogP contribution in [0.3, 0.4) is 0 Å². The second-order valence-electron chi connectivity index (χ2n) is 4.75. The molecule has 0 aromatic heterocycles. The number of benzene rings is 1. The number of nitrogens with one attached hydrogen (secondary N) is 2. The first-order valence-corrected chi connectivity index (χ1v) is 9.37. The van der Waals surface area contributed by atoms with Gasteiger partial charge in [0.15, 0.2) is 0 Å². The van der Waals surface area contributed by atoms with Gasteiger partial charge in [-0.1, -0.05) is 0 Å². The molecular weight excluding hydrogens is 329 g/mol. The number of carbonyl (C=O) groups excluding carboxylic acids is 2. The van der Waals surface area contributed by atoms with Gasteiger partial charge in [0.05, 0.1) is 0 Å². The van der Waals surface area contributed by atoms with Crippen LogP contribution in [-0.4, -0.2) is 14.5 Å². The van der Waals surface area contributed by atoms with Gasteiger partial charge >= 0.3 is 130 Å². The van der Waals surface area contributed by atoms with E-state index in [4.69, 9.17) is 0 Å². The van der Waals surface area contributed by atoms with E-state index in [0.717, 1.165) is 13.8 Å². The molecule has 3 aliphatic heterocycles. The summed E-state index contributed by atoms with van der Waals surface area (Å²) in [7, 11) is 0. The summed E-state index contributed by atoms with van der Waals surface area (Å²) in [5, 5.41) is 6.02. The first-order valence-electron chi connectivity index (χ1n) is 6.31. The molecule has 0 spiro atoms. The second-order valence-corrected chi connectivity index (χ2v) is 7.93. The number of hydrogen-bond acceptors (Lipinski definition) is 3. The summed E-state index contributed by atoms with van der Waals surface area (Å²) in [6, 6.07) is 7.33. The molecule has 0 aliphatic carbocycles. The van der Waals surface area contributed by atoms with E-state index in [1.165, 1.54) is 0 Å². The Bertz CT molecular complexity index is 800.